The van der Waals surface area contributed by atoms with Crippen LogP contribution in [-0.4, -0.2) is 5.54 Å². The second kappa shape index (κ2) is 1.09. The molecule has 0 aromatic rings. The van der Waals surface area contributed by atoms with E-state index in [1.54, 1.807) is 0 Å². The monoisotopic (exact) mass is 123 g/mol. The lowest BCUT2D eigenvalue weighted by Gasteiger charge is -2.10. The standard InChI is InChI=1S/C6H9N3/c1-3-4-5(3)6(4,2)8-9-7/h3-5H,1-2H3. The van der Waals surface area contributed by atoms with E-state index < -0.39 is 0 Å². The highest BCUT2D eigenvalue weighted by Crippen LogP contribution is 2.77. The van der Waals surface area contributed by atoms with E-state index in [1.165, 1.54) is 0 Å². The van der Waals surface area contributed by atoms with Crippen molar-refractivity contribution in [2.24, 2.45) is 22.9 Å². The smallest absolute Gasteiger partial charge is 0.0527 e. The zero-order valence-electron chi connectivity index (χ0n) is 5.57. The maximum atomic E-state index is 8.12. The molecule has 0 radical (unpaired) electrons. The third-order valence-corrected chi connectivity index (χ3v) is 2.88. The molecule has 2 aliphatic rings. The maximum Gasteiger partial charge on any atom is 0.0527 e. The first-order valence-corrected chi connectivity index (χ1v) is 3.28. The molecule has 0 aromatic carbocycles. The van der Waals surface area contributed by atoms with E-state index in [0.29, 0.717) is 0 Å². The van der Waals surface area contributed by atoms with E-state index in [9.17, 15) is 0 Å². The molecule has 0 saturated heterocycles. The number of hydrogen-bond donors (Lipinski definition) is 0. The molecule has 2 atom stereocenters. The van der Waals surface area contributed by atoms with Crippen LogP contribution in [-0.2, 0) is 0 Å². The Bertz CT molecular complexity index is 194. The Hall–Kier alpha value is -0.690. The lowest BCUT2D eigenvalue weighted by molar-refractivity contribution is 0.458. The van der Waals surface area contributed by atoms with Gasteiger partial charge in [-0.15, -0.1) is 0 Å². The molecule has 48 valence electrons. The van der Waals surface area contributed by atoms with Gasteiger partial charge in [0.1, 0.15) is 0 Å². The first-order chi connectivity index (χ1) is 4.22. The van der Waals surface area contributed by atoms with Gasteiger partial charge in [-0.05, 0) is 23.3 Å². The first-order valence-electron chi connectivity index (χ1n) is 3.28. The second-order valence-corrected chi connectivity index (χ2v) is 3.33. The molecule has 0 aliphatic heterocycles. The molecule has 0 N–H and O–H groups in total. The average Bonchev–Trinajstić information content (AvgIpc) is 2.58. The molecule has 0 bridgehead atoms. The van der Waals surface area contributed by atoms with Gasteiger partial charge in [0.2, 0.25) is 0 Å². The van der Waals surface area contributed by atoms with Crippen LogP contribution in [0.2, 0.25) is 0 Å². The molecule has 2 rings (SSSR count). The number of nitrogens with zero attached hydrogens (tertiary/aromatic N) is 3. The number of rotatable bonds is 1. The van der Waals surface area contributed by atoms with Crippen LogP contribution < -0.4 is 0 Å². The lowest BCUT2D eigenvalue weighted by atomic mass is 10.0. The summed E-state index contributed by atoms with van der Waals surface area (Å²) >= 11 is 0. The van der Waals surface area contributed by atoms with Crippen LogP contribution >= 0.6 is 0 Å². The molecule has 9 heavy (non-hydrogen) atoms. The van der Waals surface area contributed by atoms with Gasteiger partial charge in [-0.3, -0.25) is 0 Å². The van der Waals surface area contributed by atoms with Gasteiger partial charge in [0.15, 0.2) is 0 Å². The molecule has 0 spiro atoms. The van der Waals surface area contributed by atoms with E-state index in [1.807, 2.05) is 6.92 Å². The summed E-state index contributed by atoms with van der Waals surface area (Å²) in [5.74, 6) is 2.29. The summed E-state index contributed by atoms with van der Waals surface area (Å²) in [5, 5.41) is 3.73. The van der Waals surface area contributed by atoms with Gasteiger partial charge in [0.25, 0.3) is 0 Å². The average molecular weight is 123 g/mol. The van der Waals surface area contributed by atoms with E-state index in [-0.39, 0.29) is 5.54 Å². The summed E-state index contributed by atoms with van der Waals surface area (Å²) in [6.45, 7) is 4.26. The van der Waals surface area contributed by atoms with Crippen molar-refractivity contribution in [3.05, 3.63) is 10.4 Å². The van der Waals surface area contributed by atoms with Gasteiger partial charge >= 0.3 is 0 Å². The Balaban J connectivity index is 2.11. The predicted octanol–water partition coefficient (Wildman–Crippen LogP) is 1.95. The van der Waals surface area contributed by atoms with Crippen LogP contribution in [0.15, 0.2) is 5.11 Å². The minimum atomic E-state index is 0.0359. The van der Waals surface area contributed by atoms with Gasteiger partial charge in [0, 0.05) is 4.91 Å². The van der Waals surface area contributed by atoms with Gasteiger partial charge in [0.05, 0.1) is 5.54 Å². The molecular weight excluding hydrogens is 114 g/mol. The molecule has 2 saturated carbocycles. The predicted molar refractivity (Wildman–Crippen MR) is 33.7 cm³/mol. The van der Waals surface area contributed by atoms with Crippen molar-refractivity contribution < 1.29 is 0 Å². The summed E-state index contributed by atoms with van der Waals surface area (Å²) in [6, 6.07) is 0. The van der Waals surface area contributed by atoms with E-state index in [2.05, 4.69) is 16.9 Å². The van der Waals surface area contributed by atoms with E-state index in [4.69, 9.17) is 5.53 Å². The van der Waals surface area contributed by atoms with Crippen molar-refractivity contribution in [2.45, 2.75) is 19.4 Å². The summed E-state index contributed by atoms with van der Waals surface area (Å²) < 4.78 is 0. The Morgan fingerprint density at radius 3 is 2.44 bits per heavy atom. The fourth-order valence-electron chi connectivity index (χ4n) is 2.20. The molecule has 3 heteroatoms. The van der Waals surface area contributed by atoms with Crippen LogP contribution in [0.1, 0.15) is 13.8 Å². The van der Waals surface area contributed by atoms with Crippen molar-refractivity contribution in [1.82, 2.24) is 0 Å². The molecule has 0 amide bonds. The Labute approximate surface area is 53.7 Å². The highest BCUT2D eigenvalue weighted by Gasteiger charge is 2.79. The van der Waals surface area contributed by atoms with Gasteiger partial charge in [-0.2, -0.15) is 0 Å². The van der Waals surface area contributed by atoms with Crippen molar-refractivity contribution in [2.75, 3.05) is 0 Å². The number of hydrogen-bond acceptors (Lipinski definition) is 1. The molecule has 3 nitrogen and oxygen atoms in total. The fourth-order valence-corrected chi connectivity index (χ4v) is 2.20. The van der Waals surface area contributed by atoms with Crippen LogP contribution in [0.25, 0.3) is 10.4 Å². The summed E-state index contributed by atoms with van der Waals surface area (Å²) in [4.78, 5) is 2.81. The zero-order valence-corrected chi connectivity index (χ0v) is 5.57. The molecule has 0 heterocycles. The first kappa shape index (κ1) is 5.12. The normalized spacial score (nSPS) is 59.6. The van der Waals surface area contributed by atoms with Crippen molar-refractivity contribution in [3.63, 3.8) is 0 Å². The summed E-state index contributed by atoms with van der Waals surface area (Å²) in [5.41, 5.74) is 8.16. The Morgan fingerprint density at radius 1 is 1.56 bits per heavy atom. The van der Waals surface area contributed by atoms with Crippen molar-refractivity contribution >= 4 is 0 Å². The van der Waals surface area contributed by atoms with Crippen LogP contribution in [0.5, 0.6) is 0 Å². The SMILES string of the molecule is CC1C2C1C2(C)N=[N+]=[N-]. The minimum absolute atomic E-state index is 0.0359. The quantitative estimate of drug-likeness (QED) is 0.290. The Kier molecular flexibility index (Phi) is 0.623. The highest BCUT2D eigenvalue weighted by molar-refractivity contribution is 5.32. The van der Waals surface area contributed by atoms with Crippen molar-refractivity contribution in [3.8, 4) is 0 Å². The zero-order chi connectivity index (χ0) is 6.65. The van der Waals surface area contributed by atoms with Gasteiger partial charge in [-0.25, -0.2) is 0 Å². The van der Waals surface area contributed by atoms with Crippen LogP contribution in [0.3, 0.4) is 0 Å². The number of azide groups is 1. The van der Waals surface area contributed by atoms with Gasteiger partial charge < -0.3 is 0 Å². The summed E-state index contributed by atoms with van der Waals surface area (Å²) in [7, 11) is 0. The molecule has 0 aromatic heterocycles. The molecule has 2 fully saturated rings. The van der Waals surface area contributed by atoms with Crippen LogP contribution in [0, 0.1) is 17.8 Å². The van der Waals surface area contributed by atoms with Gasteiger partial charge in [-0.1, -0.05) is 19.0 Å². The molecule has 2 aliphatic carbocycles. The Morgan fingerprint density at radius 2 is 2.11 bits per heavy atom. The minimum Gasteiger partial charge on any atom is -0.0869 e. The highest BCUT2D eigenvalue weighted by atomic mass is 15.2. The second-order valence-electron chi connectivity index (χ2n) is 3.33. The largest absolute Gasteiger partial charge is 0.0869 e. The lowest BCUT2D eigenvalue weighted by Crippen LogP contribution is -2.14. The number of fused-ring (bicyclic) bond motifs is 1. The maximum absolute atomic E-state index is 8.12. The molecule has 2 unspecified atom stereocenters. The van der Waals surface area contributed by atoms with E-state index >= 15 is 0 Å². The third-order valence-electron chi connectivity index (χ3n) is 2.88. The van der Waals surface area contributed by atoms with Crippen molar-refractivity contribution in [1.29, 1.82) is 0 Å². The fraction of sp³-hybridized carbons (Fsp3) is 1.00. The molecular formula is C6H9N3. The van der Waals surface area contributed by atoms with Crippen LogP contribution in [0.4, 0.5) is 0 Å². The topological polar surface area (TPSA) is 48.8 Å². The third kappa shape index (κ3) is 0.379. The van der Waals surface area contributed by atoms with E-state index in [0.717, 1.165) is 17.8 Å². The summed E-state index contributed by atoms with van der Waals surface area (Å²) in [6.07, 6.45) is 0.